The van der Waals surface area contributed by atoms with E-state index in [1.807, 2.05) is 0 Å². The molecule has 17 heavy (non-hydrogen) atoms. The lowest BCUT2D eigenvalue weighted by Crippen LogP contribution is -2.39. The first-order valence-electron chi connectivity index (χ1n) is 5.38. The van der Waals surface area contributed by atoms with Crippen LogP contribution in [0.5, 0.6) is 0 Å². The topological polar surface area (TPSA) is 72.9 Å². The van der Waals surface area contributed by atoms with Gasteiger partial charge in [-0.25, -0.2) is 9.69 Å². The van der Waals surface area contributed by atoms with Gasteiger partial charge in [0.05, 0.1) is 7.11 Å². The quantitative estimate of drug-likeness (QED) is 0.506. The van der Waals surface area contributed by atoms with Gasteiger partial charge in [-0.15, -0.1) is 0 Å². The monoisotopic (exact) mass is 243 g/mol. The van der Waals surface area contributed by atoms with Crippen LogP contribution >= 0.6 is 0 Å². The number of rotatable bonds is 1. The zero-order valence-electron chi connectivity index (χ0n) is 10.5. The number of methoxy groups -OCH3 is 1. The molecule has 0 aromatic carbocycles. The molecule has 0 saturated carbocycles. The Bertz CT molecular complexity index is 344. The molecule has 1 aliphatic heterocycles. The van der Waals surface area contributed by atoms with E-state index < -0.39 is 29.5 Å². The SMILES string of the molecule is COC(=O)[C@H]1CCN(C(=O)OC(C)(C)C)C1=O. The molecule has 0 bridgehead atoms. The summed E-state index contributed by atoms with van der Waals surface area (Å²) in [5.74, 6) is -2.04. The van der Waals surface area contributed by atoms with E-state index in [4.69, 9.17) is 4.74 Å². The lowest BCUT2D eigenvalue weighted by Gasteiger charge is -2.23. The Morgan fingerprint density at radius 3 is 2.41 bits per heavy atom. The van der Waals surface area contributed by atoms with Gasteiger partial charge in [0.15, 0.2) is 0 Å². The summed E-state index contributed by atoms with van der Waals surface area (Å²) in [6.07, 6.45) is -0.431. The number of esters is 1. The minimum atomic E-state index is -0.882. The Morgan fingerprint density at radius 1 is 1.35 bits per heavy atom. The van der Waals surface area contributed by atoms with Crippen LogP contribution in [0.15, 0.2) is 0 Å². The fraction of sp³-hybridized carbons (Fsp3) is 0.727. The number of imide groups is 1. The summed E-state index contributed by atoms with van der Waals surface area (Å²) in [4.78, 5) is 35.6. The zero-order valence-corrected chi connectivity index (χ0v) is 10.5. The molecule has 1 saturated heterocycles. The molecule has 0 aromatic rings. The van der Waals surface area contributed by atoms with Crippen LogP contribution in [0.2, 0.25) is 0 Å². The van der Waals surface area contributed by atoms with Gasteiger partial charge in [0.25, 0.3) is 0 Å². The minimum Gasteiger partial charge on any atom is -0.468 e. The average Bonchev–Trinajstić information content (AvgIpc) is 2.56. The van der Waals surface area contributed by atoms with Crippen LogP contribution in [-0.4, -0.2) is 42.1 Å². The summed E-state index contributed by atoms with van der Waals surface area (Å²) in [7, 11) is 1.21. The van der Waals surface area contributed by atoms with Gasteiger partial charge in [-0.3, -0.25) is 9.59 Å². The van der Waals surface area contributed by atoms with E-state index in [0.717, 1.165) is 4.90 Å². The number of nitrogens with zero attached hydrogens (tertiary/aromatic N) is 1. The number of hydrogen-bond acceptors (Lipinski definition) is 5. The van der Waals surface area contributed by atoms with Crippen molar-refractivity contribution in [1.82, 2.24) is 4.90 Å². The molecule has 0 aliphatic carbocycles. The van der Waals surface area contributed by atoms with E-state index in [0.29, 0.717) is 0 Å². The van der Waals surface area contributed by atoms with Crippen molar-refractivity contribution in [1.29, 1.82) is 0 Å². The Morgan fingerprint density at radius 2 is 1.94 bits per heavy atom. The summed E-state index contributed by atoms with van der Waals surface area (Å²) in [6, 6.07) is 0. The number of likely N-dealkylation sites (tertiary alicyclic amines) is 1. The van der Waals surface area contributed by atoms with Crippen molar-refractivity contribution >= 4 is 18.0 Å². The molecule has 0 N–H and O–H groups in total. The average molecular weight is 243 g/mol. The molecular formula is C11H17NO5. The molecule has 6 nitrogen and oxygen atoms in total. The first kappa shape index (κ1) is 13.5. The molecule has 6 heteroatoms. The van der Waals surface area contributed by atoms with Gasteiger partial charge in [-0.2, -0.15) is 0 Å². The van der Waals surface area contributed by atoms with Gasteiger partial charge in [0.1, 0.15) is 11.5 Å². The molecule has 0 radical (unpaired) electrons. The van der Waals surface area contributed by atoms with Crippen LogP contribution in [0.4, 0.5) is 4.79 Å². The smallest absolute Gasteiger partial charge is 0.417 e. The van der Waals surface area contributed by atoms with Gasteiger partial charge >= 0.3 is 12.1 Å². The molecule has 1 atom stereocenters. The maximum Gasteiger partial charge on any atom is 0.417 e. The number of ether oxygens (including phenoxy) is 2. The molecule has 0 spiro atoms. The van der Waals surface area contributed by atoms with Crippen LogP contribution in [0.25, 0.3) is 0 Å². The number of hydrogen-bond donors (Lipinski definition) is 0. The summed E-state index contributed by atoms with van der Waals surface area (Å²) in [5.41, 5.74) is -0.666. The molecule has 1 rings (SSSR count). The van der Waals surface area contributed by atoms with E-state index in [1.54, 1.807) is 20.8 Å². The Balaban J connectivity index is 2.67. The largest absolute Gasteiger partial charge is 0.468 e. The number of amides is 2. The molecule has 1 aliphatic rings. The van der Waals surface area contributed by atoms with Crippen molar-refractivity contribution in [3.63, 3.8) is 0 Å². The normalized spacial score (nSPS) is 20.4. The van der Waals surface area contributed by atoms with Crippen molar-refractivity contribution in [2.75, 3.05) is 13.7 Å². The van der Waals surface area contributed by atoms with E-state index in [2.05, 4.69) is 4.74 Å². The van der Waals surface area contributed by atoms with E-state index >= 15 is 0 Å². The molecule has 0 unspecified atom stereocenters. The Hall–Kier alpha value is -1.59. The van der Waals surface area contributed by atoms with Crippen LogP contribution < -0.4 is 0 Å². The molecule has 96 valence electrons. The second kappa shape index (κ2) is 4.73. The van der Waals surface area contributed by atoms with Crippen LogP contribution in [-0.2, 0) is 19.1 Å². The predicted octanol–water partition coefficient (Wildman–Crippen LogP) is 0.943. The van der Waals surface area contributed by atoms with Crippen molar-refractivity contribution in [2.45, 2.75) is 32.8 Å². The van der Waals surface area contributed by atoms with Crippen molar-refractivity contribution in [3.05, 3.63) is 0 Å². The summed E-state index contributed by atoms with van der Waals surface area (Å²) in [5, 5.41) is 0. The minimum absolute atomic E-state index is 0.188. The van der Waals surface area contributed by atoms with Gasteiger partial charge in [0.2, 0.25) is 5.91 Å². The summed E-state index contributed by atoms with van der Waals surface area (Å²) in [6.45, 7) is 5.32. The third-order valence-corrected chi connectivity index (χ3v) is 2.31. The van der Waals surface area contributed by atoms with Gasteiger partial charge in [0, 0.05) is 6.54 Å². The fourth-order valence-electron chi connectivity index (χ4n) is 1.54. The summed E-state index contributed by atoms with van der Waals surface area (Å²) < 4.78 is 9.56. The van der Waals surface area contributed by atoms with Gasteiger partial charge in [-0.1, -0.05) is 0 Å². The molecule has 0 aromatic heterocycles. The third-order valence-electron chi connectivity index (χ3n) is 2.31. The lowest BCUT2D eigenvalue weighted by molar-refractivity contribution is -0.150. The lowest BCUT2D eigenvalue weighted by atomic mass is 10.1. The first-order chi connectivity index (χ1) is 7.76. The maximum absolute atomic E-state index is 11.8. The van der Waals surface area contributed by atoms with Crippen LogP contribution in [0, 0.1) is 5.92 Å². The van der Waals surface area contributed by atoms with Crippen LogP contribution in [0.3, 0.4) is 0 Å². The van der Waals surface area contributed by atoms with E-state index in [9.17, 15) is 14.4 Å². The predicted molar refractivity (Wildman–Crippen MR) is 58.1 cm³/mol. The standard InChI is InChI=1S/C11H17NO5/c1-11(2,3)17-10(15)12-6-5-7(8(12)13)9(14)16-4/h7H,5-6H2,1-4H3/t7-/m0/s1. The number of carbonyl (C=O) groups is 3. The third kappa shape index (κ3) is 3.18. The molecule has 1 fully saturated rings. The highest BCUT2D eigenvalue weighted by atomic mass is 16.6. The highest BCUT2D eigenvalue weighted by molar-refractivity contribution is 6.05. The van der Waals surface area contributed by atoms with Crippen molar-refractivity contribution in [2.24, 2.45) is 5.92 Å². The highest BCUT2D eigenvalue weighted by Gasteiger charge is 2.42. The van der Waals surface area contributed by atoms with Crippen molar-refractivity contribution in [3.8, 4) is 0 Å². The number of carbonyl (C=O) groups excluding carboxylic acids is 3. The maximum atomic E-state index is 11.8. The first-order valence-corrected chi connectivity index (χ1v) is 5.38. The molecule has 1 heterocycles. The zero-order chi connectivity index (χ0) is 13.2. The van der Waals surface area contributed by atoms with E-state index in [-0.39, 0.29) is 13.0 Å². The second-order valence-corrected chi connectivity index (χ2v) is 4.83. The van der Waals surface area contributed by atoms with Crippen LogP contribution in [0.1, 0.15) is 27.2 Å². The fourth-order valence-corrected chi connectivity index (χ4v) is 1.54. The van der Waals surface area contributed by atoms with Gasteiger partial charge in [-0.05, 0) is 27.2 Å². The van der Waals surface area contributed by atoms with E-state index in [1.165, 1.54) is 7.11 Å². The Labute approximate surface area is 99.9 Å². The second-order valence-electron chi connectivity index (χ2n) is 4.83. The summed E-state index contributed by atoms with van der Waals surface area (Å²) >= 11 is 0. The molecular weight excluding hydrogens is 226 g/mol. The molecule has 2 amide bonds. The Kier molecular flexibility index (Phi) is 3.75. The van der Waals surface area contributed by atoms with Gasteiger partial charge < -0.3 is 9.47 Å². The highest BCUT2D eigenvalue weighted by Crippen LogP contribution is 2.21. The van der Waals surface area contributed by atoms with Crippen molar-refractivity contribution < 1.29 is 23.9 Å².